The Hall–Kier alpha value is -2.66. The van der Waals surface area contributed by atoms with Crippen LogP contribution in [0.3, 0.4) is 0 Å². The fraction of sp³-hybridized carbons (Fsp3) is 0.167. The number of halogens is 1. The van der Waals surface area contributed by atoms with Gasteiger partial charge in [0, 0.05) is 22.6 Å². The Morgan fingerprint density at radius 3 is 2.58 bits per heavy atom. The SMILES string of the molecule is CCn1nc(C(=O)Nc2ccc(C)c(Cl)c2)c2ccccc2c1=O. The molecule has 6 heteroatoms. The van der Waals surface area contributed by atoms with E-state index in [0.29, 0.717) is 28.0 Å². The Morgan fingerprint density at radius 1 is 1.21 bits per heavy atom. The van der Waals surface area contributed by atoms with E-state index in [-0.39, 0.29) is 17.2 Å². The highest BCUT2D eigenvalue weighted by atomic mass is 35.5. The van der Waals surface area contributed by atoms with Crippen molar-refractivity contribution in [3.63, 3.8) is 0 Å². The first-order valence-electron chi connectivity index (χ1n) is 7.58. The lowest BCUT2D eigenvalue weighted by molar-refractivity contribution is 0.102. The molecular formula is C18H16ClN3O2. The number of anilines is 1. The Kier molecular flexibility index (Phi) is 4.36. The summed E-state index contributed by atoms with van der Waals surface area (Å²) in [7, 11) is 0. The molecule has 0 saturated carbocycles. The zero-order valence-corrected chi connectivity index (χ0v) is 14.1. The summed E-state index contributed by atoms with van der Waals surface area (Å²) in [6.07, 6.45) is 0. The molecule has 0 saturated heterocycles. The molecule has 0 radical (unpaired) electrons. The molecule has 0 aliphatic carbocycles. The number of fused-ring (bicyclic) bond motifs is 1. The summed E-state index contributed by atoms with van der Waals surface area (Å²) >= 11 is 6.09. The van der Waals surface area contributed by atoms with E-state index in [9.17, 15) is 9.59 Å². The second-order valence-electron chi connectivity index (χ2n) is 5.43. The van der Waals surface area contributed by atoms with E-state index >= 15 is 0 Å². The first-order valence-corrected chi connectivity index (χ1v) is 7.96. The molecule has 24 heavy (non-hydrogen) atoms. The van der Waals surface area contributed by atoms with E-state index in [1.807, 2.05) is 19.9 Å². The maximum Gasteiger partial charge on any atom is 0.276 e. The van der Waals surface area contributed by atoms with Crippen LogP contribution in [-0.2, 0) is 6.54 Å². The number of carbonyl (C=O) groups is 1. The van der Waals surface area contributed by atoms with Crippen molar-refractivity contribution in [3.05, 3.63) is 69.1 Å². The molecule has 0 atom stereocenters. The summed E-state index contributed by atoms with van der Waals surface area (Å²) in [5.74, 6) is -0.381. The highest BCUT2D eigenvalue weighted by molar-refractivity contribution is 6.31. The Labute approximate surface area is 143 Å². The van der Waals surface area contributed by atoms with Gasteiger partial charge in [-0.2, -0.15) is 5.10 Å². The van der Waals surface area contributed by atoms with Crippen molar-refractivity contribution >= 4 is 34.0 Å². The van der Waals surface area contributed by atoms with Crippen LogP contribution in [0.2, 0.25) is 5.02 Å². The summed E-state index contributed by atoms with van der Waals surface area (Å²) in [6.45, 7) is 4.09. The first-order chi connectivity index (χ1) is 11.5. The predicted molar refractivity (Wildman–Crippen MR) is 95.8 cm³/mol. The van der Waals surface area contributed by atoms with Crippen molar-refractivity contribution in [2.75, 3.05) is 5.32 Å². The molecule has 1 N–H and O–H groups in total. The van der Waals surface area contributed by atoms with Crippen LogP contribution in [-0.4, -0.2) is 15.7 Å². The molecule has 5 nitrogen and oxygen atoms in total. The number of aromatic nitrogens is 2. The molecule has 0 spiro atoms. The average Bonchev–Trinajstić information content (AvgIpc) is 2.58. The number of nitrogens with one attached hydrogen (secondary N) is 1. The Balaban J connectivity index is 2.08. The lowest BCUT2D eigenvalue weighted by Crippen LogP contribution is -2.27. The molecule has 0 bridgehead atoms. The number of hydrogen-bond donors (Lipinski definition) is 1. The minimum Gasteiger partial charge on any atom is -0.321 e. The molecule has 3 aromatic rings. The summed E-state index contributed by atoms with van der Waals surface area (Å²) in [6, 6.07) is 12.3. The number of nitrogens with zero attached hydrogens (tertiary/aromatic N) is 2. The smallest absolute Gasteiger partial charge is 0.276 e. The summed E-state index contributed by atoms with van der Waals surface area (Å²) in [5.41, 5.74) is 1.51. The van der Waals surface area contributed by atoms with Crippen LogP contribution >= 0.6 is 11.6 Å². The van der Waals surface area contributed by atoms with E-state index in [1.54, 1.807) is 36.4 Å². The average molecular weight is 342 g/mol. The monoisotopic (exact) mass is 341 g/mol. The lowest BCUT2D eigenvalue weighted by atomic mass is 10.1. The molecule has 0 aliphatic heterocycles. The van der Waals surface area contributed by atoms with Gasteiger partial charge in [0.15, 0.2) is 5.69 Å². The van der Waals surface area contributed by atoms with Crippen LogP contribution < -0.4 is 10.9 Å². The number of benzene rings is 2. The second kappa shape index (κ2) is 6.45. The fourth-order valence-corrected chi connectivity index (χ4v) is 2.66. The van der Waals surface area contributed by atoms with Crippen molar-refractivity contribution in [1.82, 2.24) is 9.78 Å². The van der Waals surface area contributed by atoms with Crippen molar-refractivity contribution < 1.29 is 4.79 Å². The molecule has 122 valence electrons. The van der Waals surface area contributed by atoms with Gasteiger partial charge in [-0.1, -0.05) is 35.9 Å². The maximum atomic E-state index is 12.7. The van der Waals surface area contributed by atoms with E-state index in [4.69, 9.17) is 11.6 Å². The molecule has 1 aromatic heterocycles. The maximum absolute atomic E-state index is 12.7. The highest BCUT2D eigenvalue weighted by Crippen LogP contribution is 2.21. The summed E-state index contributed by atoms with van der Waals surface area (Å²) < 4.78 is 1.29. The van der Waals surface area contributed by atoms with Gasteiger partial charge >= 0.3 is 0 Å². The number of aryl methyl sites for hydroxylation is 2. The van der Waals surface area contributed by atoms with Crippen LogP contribution in [0.25, 0.3) is 10.8 Å². The molecule has 1 heterocycles. The number of hydrogen-bond acceptors (Lipinski definition) is 3. The third kappa shape index (κ3) is 2.90. The van der Waals surface area contributed by atoms with Gasteiger partial charge < -0.3 is 5.32 Å². The van der Waals surface area contributed by atoms with Crippen molar-refractivity contribution in [3.8, 4) is 0 Å². The van der Waals surface area contributed by atoms with Crippen molar-refractivity contribution in [2.24, 2.45) is 0 Å². The lowest BCUT2D eigenvalue weighted by Gasteiger charge is -2.10. The molecule has 2 aromatic carbocycles. The first kappa shape index (κ1) is 16.2. The molecule has 0 unspecified atom stereocenters. The van der Waals surface area contributed by atoms with Gasteiger partial charge in [0.05, 0.1) is 5.39 Å². The van der Waals surface area contributed by atoms with Gasteiger partial charge in [-0.25, -0.2) is 4.68 Å². The van der Waals surface area contributed by atoms with E-state index in [1.165, 1.54) is 4.68 Å². The number of amides is 1. The predicted octanol–water partition coefficient (Wildman–Crippen LogP) is 3.63. The van der Waals surface area contributed by atoms with E-state index < -0.39 is 0 Å². The van der Waals surface area contributed by atoms with Crippen LogP contribution in [0.4, 0.5) is 5.69 Å². The Bertz CT molecular complexity index is 995. The third-order valence-electron chi connectivity index (χ3n) is 3.81. The van der Waals surface area contributed by atoms with Crippen molar-refractivity contribution in [1.29, 1.82) is 0 Å². The zero-order chi connectivity index (χ0) is 17.3. The van der Waals surface area contributed by atoms with Gasteiger partial charge in [-0.05, 0) is 37.6 Å². The van der Waals surface area contributed by atoms with Gasteiger partial charge in [-0.3, -0.25) is 9.59 Å². The van der Waals surface area contributed by atoms with Crippen LogP contribution in [0.1, 0.15) is 23.0 Å². The van der Waals surface area contributed by atoms with Crippen molar-refractivity contribution in [2.45, 2.75) is 20.4 Å². The molecule has 3 rings (SSSR count). The standard InChI is InChI=1S/C18H16ClN3O2/c1-3-22-18(24)14-7-5-4-6-13(14)16(21-22)17(23)20-12-9-8-11(2)15(19)10-12/h4-10H,3H2,1-2H3,(H,20,23). The normalized spacial score (nSPS) is 10.8. The van der Waals surface area contributed by atoms with Gasteiger partial charge in [0.25, 0.3) is 11.5 Å². The number of carbonyl (C=O) groups excluding carboxylic acids is 1. The van der Waals surface area contributed by atoms with E-state index in [2.05, 4.69) is 10.4 Å². The largest absolute Gasteiger partial charge is 0.321 e. The number of rotatable bonds is 3. The van der Waals surface area contributed by atoms with Crippen LogP contribution in [0.5, 0.6) is 0 Å². The molecule has 0 fully saturated rings. The van der Waals surface area contributed by atoms with Crippen LogP contribution in [0, 0.1) is 6.92 Å². The molecule has 1 amide bonds. The Morgan fingerprint density at radius 2 is 1.92 bits per heavy atom. The quantitative estimate of drug-likeness (QED) is 0.791. The highest BCUT2D eigenvalue weighted by Gasteiger charge is 2.16. The van der Waals surface area contributed by atoms with Gasteiger partial charge in [-0.15, -0.1) is 0 Å². The van der Waals surface area contributed by atoms with E-state index in [0.717, 1.165) is 5.56 Å². The molecular weight excluding hydrogens is 326 g/mol. The second-order valence-corrected chi connectivity index (χ2v) is 5.84. The minimum absolute atomic E-state index is 0.206. The summed E-state index contributed by atoms with van der Waals surface area (Å²) in [5, 5.41) is 8.58. The molecule has 0 aliphatic rings. The third-order valence-corrected chi connectivity index (χ3v) is 4.22. The topological polar surface area (TPSA) is 64.0 Å². The van der Waals surface area contributed by atoms with Gasteiger partial charge in [0.1, 0.15) is 0 Å². The van der Waals surface area contributed by atoms with Crippen LogP contribution in [0.15, 0.2) is 47.3 Å². The van der Waals surface area contributed by atoms with Gasteiger partial charge in [0.2, 0.25) is 0 Å². The fourth-order valence-electron chi connectivity index (χ4n) is 2.48. The zero-order valence-electron chi connectivity index (χ0n) is 13.3. The summed E-state index contributed by atoms with van der Waals surface area (Å²) in [4.78, 5) is 25.0. The minimum atomic E-state index is -0.381.